The fourth-order valence-corrected chi connectivity index (χ4v) is 2.88. The highest BCUT2D eigenvalue weighted by Crippen LogP contribution is 2.20. The maximum absolute atomic E-state index is 5.89. The Hall–Kier alpha value is -2.68. The van der Waals surface area contributed by atoms with Gasteiger partial charge in [0.15, 0.2) is 5.82 Å². The van der Waals surface area contributed by atoms with Gasteiger partial charge in [0.25, 0.3) is 0 Å². The molecule has 3 heteroatoms. The van der Waals surface area contributed by atoms with Gasteiger partial charge in [0.05, 0.1) is 0 Å². The van der Waals surface area contributed by atoms with Crippen LogP contribution in [0.3, 0.4) is 0 Å². The smallest absolute Gasteiger partial charge is 0.159 e. The molecular formula is C23H26N2O. The van der Waals surface area contributed by atoms with Gasteiger partial charge in [-0.05, 0) is 53.8 Å². The molecule has 0 unspecified atom stereocenters. The van der Waals surface area contributed by atoms with E-state index in [-0.39, 0.29) is 0 Å². The van der Waals surface area contributed by atoms with Gasteiger partial charge in [-0.3, -0.25) is 0 Å². The summed E-state index contributed by atoms with van der Waals surface area (Å²) in [7, 11) is 0. The van der Waals surface area contributed by atoms with Crippen molar-refractivity contribution < 1.29 is 4.74 Å². The van der Waals surface area contributed by atoms with Crippen molar-refractivity contribution in [2.75, 3.05) is 0 Å². The van der Waals surface area contributed by atoms with Crippen molar-refractivity contribution in [3.05, 3.63) is 77.6 Å². The molecule has 0 atom stereocenters. The Labute approximate surface area is 156 Å². The monoisotopic (exact) mass is 346 g/mol. The number of rotatable bonds is 8. The number of aromatic nitrogens is 2. The fourth-order valence-electron chi connectivity index (χ4n) is 2.88. The summed E-state index contributed by atoms with van der Waals surface area (Å²) < 4.78 is 5.89. The molecule has 0 fully saturated rings. The zero-order valence-electron chi connectivity index (χ0n) is 15.6. The van der Waals surface area contributed by atoms with Crippen LogP contribution in [0.15, 0.2) is 60.9 Å². The molecule has 2 aromatic carbocycles. The van der Waals surface area contributed by atoms with Crippen molar-refractivity contribution in [2.24, 2.45) is 0 Å². The SMILES string of the molecule is CCCc1ccc(COc2ccc(-c3ncc(CCC)cn3)cc2)cc1. The second kappa shape index (κ2) is 9.14. The molecule has 0 radical (unpaired) electrons. The van der Waals surface area contributed by atoms with Gasteiger partial charge in [0.2, 0.25) is 0 Å². The first kappa shape index (κ1) is 18.1. The predicted octanol–water partition coefficient (Wildman–Crippen LogP) is 5.63. The third-order valence-electron chi connectivity index (χ3n) is 4.32. The van der Waals surface area contributed by atoms with Crippen LogP contribution in [0.2, 0.25) is 0 Å². The quantitative estimate of drug-likeness (QED) is 0.530. The van der Waals surface area contributed by atoms with Crippen molar-refractivity contribution in [2.45, 2.75) is 46.1 Å². The summed E-state index contributed by atoms with van der Waals surface area (Å²) >= 11 is 0. The normalized spacial score (nSPS) is 10.7. The Morgan fingerprint density at radius 3 is 1.88 bits per heavy atom. The molecule has 1 heterocycles. The van der Waals surface area contributed by atoms with Gasteiger partial charge in [-0.1, -0.05) is 51.0 Å². The lowest BCUT2D eigenvalue weighted by Gasteiger charge is -2.08. The van der Waals surface area contributed by atoms with Gasteiger partial charge in [-0.25, -0.2) is 9.97 Å². The minimum atomic E-state index is 0.577. The molecule has 0 saturated heterocycles. The van der Waals surface area contributed by atoms with Crippen LogP contribution in [-0.4, -0.2) is 9.97 Å². The largest absolute Gasteiger partial charge is 0.489 e. The van der Waals surface area contributed by atoms with Crippen molar-refractivity contribution in [3.8, 4) is 17.1 Å². The molecule has 0 aliphatic heterocycles. The van der Waals surface area contributed by atoms with Crippen LogP contribution in [0, 0.1) is 0 Å². The van der Waals surface area contributed by atoms with Crippen LogP contribution >= 0.6 is 0 Å². The summed E-state index contributed by atoms with van der Waals surface area (Å²) in [5, 5.41) is 0. The molecule has 1 aromatic heterocycles. The van der Waals surface area contributed by atoms with E-state index in [2.05, 4.69) is 48.1 Å². The van der Waals surface area contributed by atoms with Crippen molar-refractivity contribution in [1.82, 2.24) is 9.97 Å². The number of nitrogens with zero attached hydrogens (tertiary/aromatic N) is 2. The van der Waals surface area contributed by atoms with Crippen molar-refractivity contribution in [1.29, 1.82) is 0 Å². The van der Waals surface area contributed by atoms with Gasteiger partial charge in [-0.15, -0.1) is 0 Å². The molecule has 0 spiro atoms. The molecule has 0 N–H and O–H groups in total. The number of aryl methyl sites for hydroxylation is 2. The van der Waals surface area contributed by atoms with E-state index in [4.69, 9.17) is 4.74 Å². The van der Waals surface area contributed by atoms with Gasteiger partial charge >= 0.3 is 0 Å². The number of ether oxygens (including phenoxy) is 1. The lowest BCUT2D eigenvalue weighted by Crippen LogP contribution is -1.96. The van der Waals surface area contributed by atoms with Crippen LogP contribution in [-0.2, 0) is 19.4 Å². The Kier molecular flexibility index (Phi) is 6.37. The molecule has 26 heavy (non-hydrogen) atoms. The van der Waals surface area contributed by atoms with Crippen molar-refractivity contribution >= 4 is 0 Å². The highest BCUT2D eigenvalue weighted by Gasteiger charge is 2.03. The molecule has 0 aliphatic rings. The van der Waals surface area contributed by atoms with Gasteiger partial charge in [0.1, 0.15) is 12.4 Å². The summed E-state index contributed by atoms with van der Waals surface area (Å²) in [6.45, 7) is 4.94. The van der Waals surface area contributed by atoms with E-state index >= 15 is 0 Å². The predicted molar refractivity (Wildman–Crippen MR) is 106 cm³/mol. The van der Waals surface area contributed by atoms with E-state index < -0.39 is 0 Å². The zero-order chi connectivity index (χ0) is 18.2. The Morgan fingerprint density at radius 1 is 0.692 bits per heavy atom. The molecule has 134 valence electrons. The van der Waals surface area contributed by atoms with E-state index in [0.717, 1.165) is 36.4 Å². The van der Waals surface area contributed by atoms with Gasteiger partial charge in [-0.2, -0.15) is 0 Å². The Morgan fingerprint density at radius 2 is 1.27 bits per heavy atom. The van der Waals surface area contributed by atoms with E-state index in [1.165, 1.54) is 23.1 Å². The summed E-state index contributed by atoms with van der Waals surface area (Å²) in [5.41, 5.74) is 4.75. The van der Waals surface area contributed by atoms with E-state index in [9.17, 15) is 0 Å². The first-order valence-corrected chi connectivity index (χ1v) is 9.40. The van der Waals surface area contributed by atoms with E-state index in [1.54, 1.807) is 0 Å². The summed E-state index contributed by atoms with van der Waals surface area (Å²) in [6, 6.07) is 16.6. The van der Waals surface area contributed by atoms with Crippen molar-refractivity contribution in [3.63, 3.8) is 0 Å². The van der Waals surface area contributed by atoms with E-state index in [1.807, 2.05) is 36.7 Å². The average molecular weight is 346 g/mol. The lowest BCUT2D eigenvalue weighted by molar-refractivity contribution is 0.306. The van der Waals surface area contributed by atoms with Crippen LogP contribution < -0.4 is 4.74 Å². The number of benzene rings is 2. The topological polar surface area (TPSA) is 35.0 Å². The van der Waals surface area contributed by atoms with Crippen LogP contribution in [0.25, 0.3) is 11.4 Å². The molecule has 3 aromatic rings. The third-order valence-corrected chi connectivity index (χ3v) is 4.32. The lowest BCUT2D eigenvalue weighted by atomic mass is 10.1. The van der Waals surface area contributed by atoms with E-state index in [0.29, 0.717) is 6.61 Å². The molecule has 0 bridgehead atoms. The minimum absolute atomic E-state index is 0.577. The number of hydrogen-bond acceptors (Lipinski definition) is 3. The van der Waals surface area contributed by atoms with Crippen LogP contribution in [0.4, 0.5) is 0 Å². The zero-order valence-corrected chi connectivity index (χ0v) is 15.6. The second-order valence-corrected chi connectivity index (χ2v) is 6.54. The highest BCUT2D eigenvalue weighted by atomic mass is 16.5. The maximum atomic E-state index is 5.89. The minimum Gasteiger partial charge on any atom is -0.489 e. The summed E-state index contributed by atoms with van der Waals surface area (Å²) in [4.78, 5) is 8.92. The molecule has 3 nitrogen and oxygen atoms in total. The fraction of sp³-hybridized carbons (Fsp3) is 0.304. The van der Waals surface area contributed by atoms with Crippen LogP contribution in [0.1, 0.15) is 43.4 Å². The Balaban J connectivity index is 1.58. The highest BCUT2D eigenvalue weighted by molar-refractivity contribution is 5.55. The molecule has 3 rings (SSSR count). The van der Waals surface area contributed by atoms with Gasteiger partial charge in [0, 0.05) is 18.0 Å². The number of hydrogen-bond donors (Lipinski definition) is 0. The molecule has 0 saturated carbocycles. The molecule has 0 aliphatic carbocycles. The molecular weight excluding hydrogens is 320 g/mol. The van der Waals surface area contributed by atoms with Crippen LogP contribution in [0.5, 0.6) is 5.75 Å². The summed E-state index contributed by atoms with van der Waals surface area (Å²) in [6.07, 6.45) is 8.26. The first-order chi connectivity index (χ1) is 12.8. The first-order valence-electron chi connectivity index (χ1n) is 9.40. The average Bonchev–Trinajstić information content (AvgIpc) is 2.69. The van der Waals surface area contributed by atoms with Gasteiger partial charge < -0.3 is 4.74 Å². The maximum Gasteiger partial charge on any atom is 0.159 e. The second-order valence-electron chi connectivity index (χ2n) is 6.54. The third kappa shape index (κ3) is 4.92. The summed E-state index contributed by atoms with van der Waals surface area (Å²) in [5.74, 6) is 1.61. The standard InChI is InChI=1S/C23H26N2O/c1-3-5-18-7-9-19(10-8-18)17-26-22-13-11-21(12-14-22)23-24-15-20(6-4-2)16-25-23/h7-16H,3-6,17H2,1-2H3. The Bertz CT molecular complexity index is 793. The molecule has 0 amide bonds.